The molecule has 3 nitrogen and oxygen atoms in total. The molecule has 1 aromatic rings. The molecule has 96 valence electrons. The van der Waals surface area contributed by atoms with Gasteiger partial charge in [0.05, 0.1) is 5.56 Å². The van der Waals surface area contributed by atoms with Crippen LogP contribution in [0.4, 0.5) is 0 Å². The molecule has 1 rings (SSSR count). The van der Waals surface area contributed by atoms with Crippen LogP contribution in [0.25, 0.3) is 0 Å². The molecule has 0 bridgehead atoms. The first-order valence-electron chi connectivity index (χ1n) is 6.16. The molecule has 0 aliphatic rings. The summed E-state index contributed by atoms with van der Waals surface area (Å²) in [5, 5.41) is 8.73. The van der Waals surface area contributed by atoms with Crippen molar-refractivity contribution in [2.75, 3.05) is 6.61 Å². The van der Waals surface area contributed by atoms with E-state index in [4.69, 9.17) is 9.84 Å². The van der Waals surface area contributed by atoms with Crippen molar-refractivity contribution in [2.24, 2.45) is 0 Å². The van der Waals surface area contributed by atoms with Crippen molar-refractivity contribution in [3.63, 3.8) is 0 Å². The molecule has 0 fully saturated rings. The van der Waals surface area contributed by atoms with Gasteiger partial charge in [0.15, 0.2) is 0 Å². The molecule has 18 heavy (non-hydrogen) atoms. The van der Waals surface area contributed by atoms with Gasteiger partial charge in [-0.25, -0.2) is 4.79 Å². The lowest BCUT2D eigenvalue weighted by atomic mass is 10.2. The van der Waals surface area contributed by atoms with Crippen LogP contribution in [0.5, 0.6) is 5.75 Å². The van der Waals surface area contributed by atoms with Crippen molar-refractivity contribution < 1.29 is 14.6 Å². The number of unbranched alkanes of at least 4 members (excludes halogenated alkanes) is 3. The van der Waals surface area contributed by atoms with Crippen LogP contribution in [0, 0.1) is 11.8 Å². The highest BCUT2D eigenvalue weighted by Gasteiger charge is 2.01. The largest absolute Gasteiger partial charge is 0.481 e. The smallest absolute Gasteiger partial charge is 0.335 e. The molecular formula is C15H18O3. The Hall–Kier alpha value is -1.95. The summed E-state index contributed by atoms with van der Waals surface area (Å²) < 4.78 is 5.38. The van der Waals surface area contributed by atoms with Gasteiger partial charge in [-0.2, -0.15) is 0 Å². The van der Waals surface area contributed by atoms with E-state index in [1.807, 2.05) is 0 Å². The molecule has 0 aliphatic carbocycles. The molecule has 0 amide bonds. The number of benzene rings is 1. The zero-order valence-corrected chi connectivity index (χ0v) is 10.6. The average Bonchev–Trinajstić information content (AvgIpc) is 2.38. The highest BCUT2D eigenvalue weighted by molar-refractivity contribution is 5.87. The van der Waals surface area contributed by atoms with Gasteiger partial charge in [0.1, 0.15) is 12.4 Å². The van der Waals surface area contributed by atoms with Gasteiger partial charge in [0.2, 0.25) is 0 Å². The van der Waals surface area contributed by atoms with Crippen LogP contribution in [0.15, 0.2) is 24.3 Å². The van der Waals surface area contributed by atoms with Gasteiger partial charge in [-0.05, 0) is 30.7 Å². The summed E-state index contributed by atoms with van der Waals surface area (Å²) in [6.45, 7) is 2.51. The van der Waals surface area contributed by atoms with Crippen molar-refractivity contribution in [1.82, 2.24) is 0 Å². The third-order valence-corrected chi connectivity index (χ3v) is 2.44. The number of hydrogen-bond donors (Lipinski definition) is 1. The van der Waals surface area contributed by atoms with E-state index in [9.17, 15) is 4.79 Å². The van der Waals surface area contributed by atoms with E-state index in [1.165, 1.54) is 25.0 Å². The monoisotopic (exact) mass is 246 g/mol. The second-order valence-electron chi connectivity index (χ2n) is 3.93. The Kier molecular flexibility index (Phi) is 6.42. The zero-order valence-electron chi connectivity index (χ0n) is 10.6. The summed E-state index contributed by atoms with van der Waals surface area (Å²) in [5.41, 5.74) is 0.257. The van der Waals surface area contributed by atoms with Crippen LogP contribution in [-0.4, -0.2) is 17.7 Å². The summed E-state index contributed by atoms with van der Waals surface area (Å²) in [5.74, 6) is 5.70. The van der Waals surface area contributed by atoms with Crippen molar-refractivity contribution in [1.29, 1.82) is 0 Å². The van der Waals surface area contributed by atoms with E-state index in [0.717, 1.165) is 12.8 Å². The van der Waals surface area contributed by atoms with Gasteiger partial charge in [0, 0.05) is 6.42 Å². The highest BCUT2D eigenvalue weighted by atomic mass is 16.5. The number of aromatic carboxylic acids is 1. The van der Waals surface area contributed by atoms with E-state index in [0.29, 0.717) is 12.4 Å². The summed E-state index contributed by atoms with van der Waals surface area (Å²) in [6.07, 6.45) is 4.46. The lowest BCUT2D eigenvalue weighted by Gasteiger charge is -2.01. The number of carboxylic acid groups (broad SMARTS) is 1. The minimum absolute atomic E-state index is 0.257. The summed E-state index contributed by atoms with van der Waals surface area (Å²) in [7, 11) is 0. The van der Waals surface area contributed by atoms with Crippen LogP contribution in [0.3, 0.4) is 0 Å². The fraction of sp³-hybridized carbons (Fsp3) is 0.400. The SMILES string of the molecule is CCCCCC#CCOc1ccc(C(=O)O)cc1. The third kappa shape index (κ3) is 5.40. The van der Waals surface area contributed by atoms with Crippen LogP contribution < -0.4 is 4.74 Å². The molecule has 0 aliphatic heterocycles. The van der Waals surface area contributed by atoms with Gasteiger partial charge < -0.3 is 9.84 Å². The predicted octanol–water partition coefficient (Wildman–Crippen LogP) is 3.35. The molecule has 0 saturated carbocycles. The number of ether oxygens (including phenoxy) is 1. The lowest BCUT2D eigenvalue weighted by Crippen LogP contribution is -1.97. The van der Waals surface area contributed by atoms with Crippen LogP contribution in [-0.2, 0) is 0 Å². The van der Waals surface area contributed by atoms with E-state index in [2.05, 4.69) is 18.8 Å². The molecule has 0 aromatic heterocycles. The number of carbonyl (C=O) groups is 1. The third-order valence-electron chi connectivity index (χ3n) is 2.44. The summed E-state index contributed by atoms with van der Waals surface area (Å²) in [4.78, 5) is 10.6. The zero-order chi connectivity index (χ0) is 13.2. The van der Waals surface area contributed by atoms with Gasteiger partial charge in [-0.15, -0.1) is 0 Å². The van der Waals surface area contributed by atoms with Crippen molar-refractivity contribution in [2.45, 2.75) is 32.6 Å². The molecule has 0 unspecified atom stereocenters. The standard InChI is InChI=1S/C15H18O3/c1-2-3-4-5-6-7-12-18-14-10-8-13(9-11-14)15(16)17/h8-11H,2-5,12H2,1H3,(H,16,17). The van der Waals surface area contributed by atoms with Gasteiger partial charge in [-0.1, -0.05) is 31.6 Å². The van der Waals surface area contributed by atoms with Crippen molar-refractivity contribution >= 4 is 5.97 Å². The first kappa shape index (κ1) is 14.1. The van der Waals surface area contributed by atoms with E-state index < -0.39 is 5.97 Å². The quantitative estimate of drug-likeness (QED) is 0.618. The Bertz CT molecular complexity index is 423. The molecule has 0 radical (unpaired) electrons. The lowest BCUT2D eigenvalue weighted by molar-refractivity contribution is 0.0697. The molecule has 0 saturated heterocycles. The van der Waals surface area contributed by atoms with Gasteiger partial charge in [0.25, 0.3) is 0 Å². The number of rotatable bonds is 6. The van der Waals surface area contributed by atoms with Crippen molar-refractivity contribution in [3.05, 3.63) is 29.8 Å². The fourth-order valence-corrected chi connectivity index (χ4v) is 1.42. The van der Waals surface area contributed by atoms with E-state index in [-0.39, 0.29) is 5.56 Å². The first-order chi connectivity index (χ1) is 8.74. The minimum Gasteiger partial charge on any atom is -0.481 e. The highest BCUT2D eigenvalue weighted by Crippen LogP contribution is 2.11. The maximum Gasteiger partial charge on any atom is 0.335 e. The van der Waals surface area contributed by atoms with Gasteiger partial charge in [-0.3, -0.25) is 0 Å². The van der Waals surface area contributed by atoms with E-state index >= 15 is 0 Å². The molecule has 3 heteroatoms. The second-order valence-corrected chi connectivity index (χ2v) is 3.93. The molecular weight excluding hydrogens is 228 g/mol. The Labute approximate surface area is 108 Å². The Morgan fingerprint density at radius 1 is 1.22 bits per heavy atom. The fourth-order valence-electron chi connectivity index (χ4n) is 1.42. The van der Waals surface area contributed by atoms with E-state index in [1.54, 1.807) is 12.1 Å². The molecule has 0 spiro atoms. The number of carboxylic acids is 1. The second kappa shape index (κ2) is 8.19. The summed E-state index contributed by atoms with van der Waals surface area (Å²) >= 11 is 0. The predicted molar refractivity (Wildman–Crippen MR) is 70.8 cm³/mol. The molecule has 1 aromatic carbocycles. The molecule has 0 atom stereocenters. The topological polar surface area (TPSA) is 46.5 Å². The maximum atomic E-state index is 10.6. The number of hydrogen-bond acceptors (Lipinski definition) is 2. The van der Waals surface area contributed by atoms with Crippen LogP contribution in [0.1, 0.15) is 43.0 Å². The Morgan fingerprint density at radius 2 is 1.94 bits per heavy atom. The van der Waals surface area contributed by atoms with Gasteiger partial charge >= 0.3 is 5.97 Å². The van der Waals surface area contributed by atoms with Crippen LogP contribution in [0.2, 0.25) is 0 Å². The summed E-state index contributed by atoms with van der Waals surface area (Å²) in [6, 6.07) is 6.32. The van der Waals surface area contributed by atoms with Crippen molar-refractivity contribution in [3.8, 4) is 17.6 Å². The molecule has 1 N–H and O–H groups in total. The first-order valence-corrected chi connectivity index (χ1v) is 6.16. The van der Waals surface area contributed by atoms with Crippen LogP contribution >= 0.6 is 0 Å². The average molecular weight is 246 g/mol. The minimum atomic E-state index is -0.933. The molecule has 0 heterocycles. The Balaban J connectivity index is 2.29. The normalized spacial score (nSPS) is 9.39. The maximum absolute atomic E-state index is 10.6. The Morgan fingerprint density at radius 3 is 2.56 bits per heavy atom.